The van der Waals surface area contributed by atoms with Crippen LogP contribution in [0.5, 0.6) is 5.75 Å². The highest BCUT2D eigenvalue weighted by Crippen LogP contribution is 2.12. The van der Waals surface area contributed by atoms with Gasteiger partial charge in [0.05, 0.1) is 13.1 Å². The van der Waals surface area contributed by atoms with Crippen molar-refractivity contribution in [2.45, 2.75) is 20.4 Å². The van der Waals surface area contributed by atoms with Gasteiger partial charge in [0.2, 0.25) is 0 Å². The number of aromatic nitrogens is 1. The van der Waals surface area contributed by atoms with Gasteiger partial charge < -0.3 is 19.5 Å². The number of aliphatic imine (C=N–C) groups is 1. The minimum absolute atomic E-state index is 0.566. The van der Waals surface area contributed by atoms with Gasteiger partial charge in [-0.15, -0.1) is 0 Å². The van der Waals surface area contributed by atoms with Gasteiger partial charge in [0.25, 0.3) is 0 Å². The number of ether oxygens (including phenoxy) is 1. The summed E-state index contributed by atoms with van der Waals surface area (Å²) in [5.41, 5.74) is 2.45. The molecular formula is C19H28N4O. The molecule has 1 aromatic heterocycles. The average molecular weight is 328 g/mol. The Balaban J connectivity index is 1.88. The molecule has 24 heavy (non-hydrogen) atoms. The lowest BCUT2D eigenvalue weighted by molar-refractivity contribution is 0.327. The molecular weight excluding hydrogens is 300 g/mol. The summed E-state index contributed by atoms with van der Waals surface area (Å²) in [6, 6.07) is 12.3. The zero-order chi connectivity index (χ0) is 17.4. The number of benzene rings is 1. The van der Waals surface area contributed by atoms with Crippen LogP contribution in [-0.4, -0.2) is 42.2 Å². The first-order valence-electron chi connectivity index (χ1n) is 8.39. The van der Waals surface area contributed by atoms with Gasteiger partial charge in [-0.05, 0) is 43.7 Å². The molecule has 0 unspecified atom stereocenters. The normalized spacial score (nSPS) is 11.4. The Morgan fingerprint density at radius 2 is 2.12 bits per heavy atom. The van der Waals surface area contributed by atoms with E-state index in [0.717, 1.165) is 24.8 Å². The Labute approximate surface area is 145 Å². The van der Waals surface area contributed by atoms with Crippen LogP contribution >= 0.6 is 0 Å². The average Bonchev–Trinajstić information content (AvgIpc) is 2.95. The Morgan fingerprint density at radius 1 is 1.29 bits per heavy atom. The molecule has 0 aliphatic carbocycles. The summed E-state index contributed by atoms with van der Waals surface area (Å²) in [6.07, 6.45) is 2.06. The molecule has 1 heterocycles. The molecule has 130 valence electrons. The zero-order valence-corrected chi connectivity index (χ0v) is 15.1. The molecule has 0 saturated heterocycles. The molecule has 0 saturated carbocycles. The topological polar surface area (TPSA) is 41.8 Å². The third kappa shape index (κ3) is 5.33. The summed E-state index contributed by atoms with van der Waals surface area (Å²) in [7, 11) is 4.11. The van der Waals surface area contributed by atoms with Crippen molar-refractivity contribution in [1.29, 1.82) is 0 Å². The molecule has 1 aromatic carbocycles. The number of nitrogens with one attached hydrogen (secondary N) is 1. The van der Waals surface area contributed by atoms with Gasteiger partial charge in [-0.3, -0.25) is 0 Å². The summed E-state index contributed by atoms with van der Waals surface area (Å²) < 4.78 is 7.89. The van der Waals surface area contributed by atoms with Gasteiger partial charge in [0.1, 0.15) is 12.4 Å². The second kappa shape index (κ2) is 9.01. The van der Waals surface area contributed by atoms with E-state index >= 15 is 0 Å². The third-order valence-electron chi connectivity index (χ3n) is 3.76. The quantitative estimate of drug-likeness (QED) is 0.483. The van der Waals surface area contributed by atoms with Gasteiger partial charge in [0.15, 0.2) is 5.96 Å². The molecule has 0 spiro atoms. The third-order valence-corrected chi connectivity index (χ3v) is 3.76. The number of aryl methyl sites for hydroxylation is 2. The predicted molar refractivity (Wildman–Crippen MR) is 99.5 cm³/mol. The van der Waals surface area contributed by atoms with Crippen LogP contribution in [-0.2, 0) is 13.6 Å². The fourth-order valence-electron chi connectivity index (χ4n) is 2.47. The Hall–Kier alpha value is -2.43. The second-order valence-corrected chi connectivity index (χ2v) is 5.87. The molecule has 0 aliphatic rings. The van der Waals surface area contributed by atoms with Crippen LogP contribution in [0.15, 0.2) is 47.6 Å². The molecule has 0 atom stereocenters. The number of hydrogen-bond donors (Lipinski definition) is 1. The lowest BCUT2D eigenvalue weighted by atomic mass is 10.2. The van der Waals surface area contributed by atoms with Crippen LogP contribution in [0.4, 0.5) is 0 Å². The smallest absolute Gasteiger partial charge is 0.194 e. The minimum Gasteiger partial charge on any atom is -0.492 e. The number of nitrogens with zero attached hydrogens (tertiary/aromatic N) is 3. The van der Waals surface area contributed by atoms with Crippen LogP contribution in [0.3, 0.4) is 0 Å². The summed E-state index contributed by atoms with van der Waals surface area (Å²) in [6.45, 7) is 6.98. The van der Waals surface area contributed by atoms with E-state index in [4.69, 9.17) is 4.74 Å². The van der Waals surface area contributed by atoms with Crippen LogP contribution in [0.1, 0.15) is 18.2 Å². The predicted octanol–water partition coefficient (Wildman–Crippen LogP) is 2.81. The lowest BCUT2D eigenvalue weighted by Gasteiger charge is -2.22. The number of rotatable bonds is 7. The van der Waals surface area contributed by atoms with E-state index < -0.39 is 0 Å². The molecule has 2 aromatic rings. The van der Waals surface area contributed by atoms with Crippen molar-refractivity contribution >= 4 is 5.96 Å². The summed E-state index contributed by atoms with van der Waals surface area (Å²) in [4.78, 5) is 6.79. The van der Waals surface area contributed by atoms with Gasteiger partial charge in [-0.25, -0.2) is 4.99 Å². The highest BCUT2D eigenvalue weighted by molar-refractivity contribution is 5.79. The molecule has 0 aliphatic heterocycles. The Bertz CT molecular complexity index is 663. The lowest BCUT2D eigenvalue weighted by Crippen LogP contribution is -2.39. The maximum Gasteiger partial charge on any atom is 0.194 e. The van der Waals surface area contributed by atoms with E-state index in [1.54, 1.807) is 0 Å². The fraction of sp³-hybridized carbons (Fsp3) is 0.421. The first-order chi connectivity index (χ1) is 11.6. The van der Waals surface area contributed by atoms with Crippen molar-refractivity contribution in [3.05, 3.63) is 53.9 Å². The summed E-state index contributed by atoms with van der Waals surface area (Å²) in [5.74, 6) is 1.79. The summed E-state index contributed by atoms with van der Waals surface area (Å²) >= 11 is 0. The molecule has 5 heteroatoms. The molecule has 0 bridgehead atoms. The molecule has 0 amide bonds. The highest BCUT2D eigenvalue weighted by Gasteiger charge is 2.08. The largest absolute Gasteiger partial charge is 0.492 e. The zero-order valence-electron chi connectivity index (χ0n) is 15.1. The Morgan fingerprint density at radius 3 is 2.79 bits per heavy atom. The Kier molecular flexibility index (Phi) is 6.73. The minimum atomic E-state index is 0.566. The number of guanidine groups is 1. The van der Waals surface area contributed by atoms with Crippen molar-refractivity contribution in [3.63, 3.8) is 0 Å². The maximum atomic E-state index is 5.76. The van der Waals surface area contributed by atoms with Crippen molar-refractivity contribution in [1.82, 2.24) is 14.8 Å². The second-order valence-electron chi connectivity index (χ2n) is 5.87. The van der Waals surface area contributed by atoms with E-state index in [1.807, 2.05) is 18.2 Å². The van der Waals surface area contributed by atoms with Crippen molar-refractivity contribution in [2.24, 2.45) is 12.0 Å². The van der Waals surface area contributed by atoms with Crippen LogP contribution in [0.2, 0.25) is 0 Å². The van der Waals surface area contributed by atoms with Crippen LogP contribution < -0.4 is 10.1 Å². The van der Waals surface area contributed by atoms with Gasteiger partial charge in [-0.1, -0.05) is 12.1 Å². The van der Waals surface area contributed by atoms with Crippen molar-refractivity contribution in [3.8, 4) is 5.75 Å². The van der Waals surface area contributed by atoms with Crippen LogP contribution in [0.25, 0.3) is 0 Å². The molecule has 2 rings (SSSR count). The monoisotopic (exact) mass is 328 g/mol. The highest BCUT2D eigenvalue weighted by atomic mass is 16.5. The number of hydrogen-bond acceptors (Lipinski definition) is 2. The molecule has 0 radical (unpaired) electrons. The van der Waals surface area contributed by atoms with E-state index in [1.165, 1.54) is 11.3 Å². The first-order valence-corrected chi connectivity index (χ1v) is 8.39. The fourth-order valence-corrected chi connectivity index (χ4v) is 2.47. The van der Waals surface area contributed by atoms with Gasteiger partial charge >= 0.3 is 0 Å². The maximum absolute atomic E-state index is 5.76. The van der Waals surface area contributed by atoms with Crippen molar-refractivity contribution < 1.29 is 4.74 Å². The standard InChI is InChI=1S/C19H28N4O/c1-5-20-19(23(4)15-17-9-7-12-22(17)3)21-11-13-24-18-10-6-8-16(2)14-18/h6-10,12,14H,5,11,13,15H2,1-4H3,(H,20,21). The van der Waals surface area contributed by atoms with Crippen molar-refractivity contribution in [2.75, 3.05) is 26.7 Å². The van der Waals surface area contributed by atoms with E-state index in [9.17, 15) is 0 Å². The van der Waals surface area contributed by atoms with E-state index in [2.05, 4.69) is 72.1 Å². The van der Waals surface area contributed by atoms with Crippen LogP contribution in [0, 0.1) is 6.92 Å². The van der Waals surface area contributed by atoms with E-state index in [-0.39, 0.29) is 0 Å². The molecule has 1 N–H and O–H groups in total. The summed E-state index contributed by atoms with van der Waals surface area (Å²) in [5, 5.41) is 3.33. The molecule has 0 fully saturated rings. The first kappa shape index (κ1) is 17.9. The van der Waals surface area contributed by atoms with Gasteiger partial charge in [0, 0.05) is 32.5 Å². The van der Waals surface area contributed by atoms with Gasteiger partial charge in [-0.2, -0.15) is 0 Å². The molecule has 5 nitrogen and oxygen atoms in total. The SMILES string of the molecule is CCNC(=NCCOc1cccc(C)c1)N(C)Cc1cccn1C. The van der Waals surface area contributed by atoms with E-state index in [0.29, 0.717) is 13.2 Å².